The number of esters is 1. The maximum Gasteiger partial charge on any atom is 0.336 e. The Labute approximate surface area is 160 Å². The number of imide groups is 2. The smallest absolute Gasteiger partial charge is 0.336 e. The Balaban J connectivity index is 1.85. The maximum atomic E-state index is 12.8. The minimum absolute atomic E-state index is 0.0599. The number of aliphatic hydroxyl groups excluding tert-OH is 1. The summed E-state index contributed by atoms with van der Waals surface area (Å²) in [5.74, 6) is -2.38. The molecule has 1 atom stereocenters. The van der Waals surface area contributed by atoms with Gasteiger partial charge in [-0.05, 0) is 17.7 Å². The second-order valence-electron chi connectivity index (χ2n) is 6.10. The van der Waals surface area contributed by atoms with Crippen molar-refractivity contribution in [2.45, 2.75) is 19.1 Å². The first-order valence-electron chi connectivity index (χ1n) is 8.57. The van der Waals surface area contributed by atoms with Crippen LogP contribution in [-0.4, -0.2) is 51.5 Å². The molecule has 28 heavy (non-hydrogen) atoms. The van der Waals surface area contributed by atoms with E-state index in [-0.39, 0.29) is 12.2 Å². The molecule has 0 bridgehead atoms. The second kappa shape index (κ2) is 8.45. The number of amides is 4. The molecule has 4 amide bonds. The van der Waals surface area contributed by atoms with Crippen LogP contribution in [0, 0.1) is 0 Å². The van der Waals surface area contributed by atoms with Crippen molar-refractivity contribution in [1.82, 2.24) is 9.80 Å². The molecule has 8 nitrogen and oxygen atoms in total. The van der Waals surface area contributed by atoms with Crippen LogP contribution in [0.25, 0.3) is 0 Å². The molecule has 1 heterocycles. The van der Waals surface area contributed by atoms with Crippen molar-refractivity contribution < 1.29 is 29.0 Å². The molecule has 0 saturated carbocycles. The first-order chi connectivity index (χ1) is 13.5. The normalized spacial score (nSPS) is 16.8. The molecule has 0 aromatic heterocycles. The van der Waals surface area contributed by atoms with Crippen LogP contribution in [0.15, 0.2) is 60.7 Å². The Morgan fingerprint density at radius 2 is 1.61 bits per heavy atom. The number of carbonyl (C=O) groups is 4. The van der Waals surface area contributed by atoms with Gasteiger partial charge in [0, 0.05) is 5.56 Å². The van der Waals surface area contributed by atoms with Crippen LogP contribution >= 0.6 is 0 Å². The van der Waals surface area contributed by atoms with Crippen LogP contribution < -0.4 is 0 Å². The van der Waals surface area contributed by atoms with E-state index in [2.05, 4.69) is 0 Å². The van der Waals surface area contributed by atoms with E-state index in [1.807, 2.05) is 6.07 Å². The predicted octanol–water partition coefficient (Wildman–Crippen LogP) is 1.54. The monoisotopic (exact) mass is 382 g/mol. The Bertz CT molecular complexity index is 884. The highest BCUT2D eigenvalue weighted by molar-refractivity contribution is 6.12. The fourth-order valence-corrected chi connectivity index (χ4v) is 2.84. The van der Waals surface area contributed by atoms with Gasteiger partial charge in [-0.2, -0.15) is 0 Å². The molecule has 1 saturated heterocycles. The summed E-state index contributed by atoms with van der Waals surface area (Å²) >= 11 is 0. The van der Waals surface area contributed by atoms with Gasteiger partial charge in [-0.15, -0.1) is 0 Å². The summed E-state index contributed by atoms with van der Waals surface area (Å²) in [6.07, 6.45) is -0.460. The lowest BCUT2D eigenvalue weighted by molar-refractivity contribution is -0.155. The van der Waals surface area contributed by atoms with Crippen LogP contribution in [0.3, 0.4) is 0 Å². The van der Waals surface area contributed by atoms with Crippen LogP contribution in [0.2, 0.25) is 0 Å². The number of carbonyl (C=O) groups excluding carboxylic acids is 4. The van der Waals surface area contributed by atoms with Crippen LogP contribution in [-0.2, 0) is 20.9 Å². The number of aliphatic hydroxyl groups is 1. The predicted molar refractivity (Wildman–Crippen MR) is 96.6 cm³/mol. The topological polar surface area (TPSA) is 104 Å². The van der Waals surface area contributed by atoms with Crippen LogP contribution in [0.1, 0.15) is 22.3 Å². The van der Waals surface area contributed by atoms with Crippen LogP contribution in [0.5, 0.6) is 0 Å². The van der Waals surface area contributed by atoms with E-state index in [0.29, 0.717) is 9.80 Å². The molecule has 1 aliphatic heterocycles. The summed E-state index contributed by atoms with van der Waals surface area (Å²) in [5, 5.41) is 9.31. The number of nitrogens with zero attached hydrogens (tertiary/aromatic N) is 2. The Kier molecular flexibility index (Phi) is 5.81. The van der Waals surface area contributed by atoms with Gasteiger partial charge in [-0.25, -0.2) is 19.4 Å². The number of hydrogen-bond donors (Lipinski definition) is 1. The molecule has 0 aliphatic carbocycles. The first-order valence-corrected chi connectivity index (χ1v) is 8.57. The van der Waals surface area contributed by atoms with Crippen molar-refractivity contribution in [3.63, 3.8) is 0 Å². The molecule has 1 N–H and O–H groups in total. The average Bonchev–Trinajstić information content (AvgIpc) is 2.73. The van der Waals surface area contributed by atoms with E-state index >= 15 is 0 Å². The highest BCUT2D eigenvalue weighted by Gasteiger charge is 2.46. The summed E-state index contributed by atoms with van der Waals surface area (Å²) < 4.78 is 5.23. The Morgan fingerprint density at radius 3 is 2.21 bits per heavy atom. The molecule has 144 valence electrons. The summed E-state index contributed by atoms with van der Waals surface area (Å²) in [7, 11) is 0. The fourth-order valence-electron chi connectivity index (χ4n) is 2.84. The second-order valence-corrected chi connectivity index (χ2v) is 6.10. The molecule has 0 radical (unpaired) electrons. The molecule has 2 aromatic rings. The van der Waals surface area contributed by atoms with Crippen molar-refractivity contribution in [2.75, 3.05) is 6.73 Å². The standard InChI is InChI=1S/C20H18N2O6/c23-13-21-17(24)11-16(19(26)28-12-14-7-3-1-4-8-14)22(20(21)27)18(25)15-9-5-2-6-10-15/h1-10,16,23H,11-13H2. The van der Waals surface area contributed by atoms with Crippen molar-refractivity contribution in [1.29, 1.82) is 0 Å². The summed E-state index contributed by atoms with van der Waals surface area (Å²) in [6, 6.07) is 14.3. The lowest BCUT2D eigenvalue weighted by Crippen LogP contribution is -2.61. The molecule has 1 unspecified atom stereocenters. The number of ether oxygens (including phenoxy) is 1. The van der Waals surface area contributed by atoms with Crippen molar-refractivity contribution in [2.24, 2.45) is 0 Å². The molecule has 1 aliphatic rings. The van der Waals surface area contributed by atoms with E-state index in [4.69, 9.17) is 4.74 Å². The van der Waals surface area contributed by atoms with E-state index in [9.17, 15) is 24.3 Å². The SMILES string of the molecule is O=C(OCc1ccccc1)C1CC(=O)N(CO)C(=O)N1C(=O)c1ccccc1. The number of hydrogen-bond acceptors (Lipinski definition) is 6. The molecule has 0 spiro atoms. The lowest BCUT2D eigenvalue weighted by atomic mass is 10.1. The van der Waals surface area contributed by atoms with Crippen molar-refractivity contribution in [3.8, 4) is 0 Å². The average molecular weight is 382 g/mol. The van der Waals surface area contributed by atoms with Crippen molar-refractivity contribution >= 4 is 23.8 Å². The van der Waals surface area contributed by atoms with Gasteiger partial charge in [-0.1, -0.05) is 48.5 Å². The highest BCUT2D eigenvalue weighted by atomic mass is 16.5. The fraction of sp³-hybridized carbons (Fsp3) is 0.200. The third-order valence-corrected chi connectivity index (χ3v) is 4.29. The molecule has 3 rings (SSSR count). The molecular weight excluding hydrogens is 364 g/mol. The Hall–Kier alpha value is -3.52. The largest absolute Gasteiger partial charge is 0.459 e. The van der Waals surface area contributed by atoms with E-state index in [1.165, 1.54) is 12.1 Å². The molecule has 8 heteroatoms. The summed E-state index contributed by atoms with van der Waals surface area (Å²) in [6.45, 7) is -0.947. The zero-order valence-corrected chi connectivity index (χ0v) is 14.9. The van der Waals surface area contributed by atoms with Gasteiger partial charge >= 0.3 is 12.0 Å². The van der Waals surface area contributed by atoms with Gasteiger partial charge in [-0.3, -0.25) is 9.59 Å². The number of urea groups is 1. The highest BCUT2D eigenvalue weighted by Crippen LogP contribution is 2.22. The van der Waals surface area contributed by atoms with E-state index < -0.39 is 43.0 Å². The van der Waals surface area contributed by atoms with Crippen molar-refractivity contribution in [3.05, 3.63) is 71.8 Å². The molecule has 2 aromatic carbocycles. The first kappa shape index (κ1) is 19.2. The third kappa shape index (κ3) is 3.91. The minimum atomic E-state index is -1.40. The van der Waals surface area contributed by atoms with Gasteiger partial charge < -0.3 is 9.84 Å². The Morgan fingerprint density at radius 1 is 1.00 bits per heavy atom. The summed E-state index contributed by atoms with van der Waals surface area (Å²) in [5.41, 5.74) is 0.895. The molecular formula is C20H18N2O6. The minimum Gasteiger partial charge on any atom is -0.459 e. The van der Waals surface area contributed by atoms with E-state index in [0.717, 1.165) is 5.56 Å². The van der Waals surface area contributed by atoms with Gasteiger partial charge in [0.05, 0.1) is 6.42 Å². The van der Waals surface area contributed by atoms with E-state index in [1.54, 1.807) is 42.5 Å². The van der Waals surface area contributed by atoms with Gasteiger partial charge in [0.25, 0.3) is 5.91 Å². The molecule has 1 fully saturated rings. The maximum absolute atomic E-state index is 12.8. The van der Waals surface area contributed by atoms with Gasteiger partial charge in [0.15, 0.2) is 0 Å². The third-order valence-electron chi connectivity index (χ3n) is 4.29. The zero-order chi connectivity index (χ0) is 20.1. The lowest BCUT2D eigenvalue weighted by Gasteiger charge is -2.36. The van der Waals surface area contributed by atoms with Crippen LogP contribution in [0.4, 0.5) is 4.79 Å². The van der Waals surface area contributed by atoms with Gasteiger partial charge in [0.1, 0.15) is 19.4 Å². The summed E-state index contributed by atoms with van der Waals surface area (Å²) in [4.78, 5) is 51.4. The quantitative estimate of drug-likeness (QED) is 0.787. The van der Waals surface area contributed by atoms with Gasteiger partial charge in [0.2, 0.25) is 5.91 Å². The number of rotatable bonds is 5. The zero-order valence-electron chi connectivity index (χ0n) is 14.9. The number of benzene rings is 2.